The third kappa shape index (κ3) is 5.18. The van der Waals surface area contributed by atoms with Gasteiger partial charge in [0.25, 0.3) is 0 Å². The highest BCUT2D eigenvalue weighted by molar-refractivity contribution is 7.99. The van der Waals surface area contributed by atoms with Gasteiger partial charge in [-0.1, -0.05) is 6.58 Å². The molecule has 1 aromatic rings. The van der Waals surface area contributed by atoms with Crippen molar-refractivity contribution in [2.75, 3.05) is 5.75 Å². The molecule has 6 heteroatoms. The van der Waals surface area contributed by atoms with Crippen molar-refractivity contribution in [3.8, 4) is 0 Å². The number of aliphatic hydroxyl groups excluding tert-OH is 2. The molecule has 1 fully saturated rings. The predicted molar refractivity (Wildman–Crippen MR) is 90.0 cm³/mol. The Balaban J connectivity index is 2.00. The molecule has 0 bridgehead atoms. The normalized spacial score (nSPS) is 18.9. The van der Waals surface area contributed by atoms with Gasteiger partial charge in [-0.3, -0.25) is 0 Å². The zero-order valence-electron chi connectivity index (χ0n) is 13.6. The fourth-order valence-corrected chi connectivity index (χ4v) is 4.35. The van der Waals surface area contributed by atoms with Crippen LogP contribution in [0.15, 0.2) is 41.5 Å². The van der Waals surface area contributed by atoms with E-state index in [1.165, 1.54) is 23.9 Å². The second-order valence-corrected chi connectivity index (χ2v) is 7.77. The molecule has 2 N–H and O–H groups in total. The summed E-state index contributed by atoms with van der Waals surface area (Å²) in [5.74, 6) is 1.02. The maximum Gasteiger partial charge on any atom is 0.416 e. The van der Waals surface area contributed by atoms with Crippen LogP contribution in [0.2, 0.25) is 0 Å². The lowest BCUT2D eigenvalue weighted by Gasteiger charge is -2.27. The summed E-state index contributed by atoms with van der Waals surface area (Å²) in [5.41, 5.74) is -0.618. The van der Waals surface area contributed by atoms with Gasteiger partial charge in [0.2, 0.25) is 0 Å². The molecule has 1 aliphatic carbocycles. The summed E-state index contributed by atoms with van der Waals surface area (Å²) >= 11 is 1.53. The van der Waals surface area contributed by atoms with Gasteiger partial charge in [-0.25, -0.2) is 0 Å². The summed E-state index contributed by atoms with van der Waals surface area (Å²) in [6.45, 7) is 5.28. The lowest BCUT2D eigenvalue weighted by atomic mass is 9.83. The van der Waals surface area contributed by atoms with Gasteiger partial charge in [0.1, 0.15) is 0 Å². The zero-order chi connectivity index (χ0) is 18.0. The van der Waals surface area contributed by atoms with Crippen molar-refractivity contribution < 1.29 is 23.4 Å². The quantitative estimate of drug-likeness (QED) is 0.480. The first-order valence-corrected chi connectivity index (χ1v) is 8.96. The molecule has 134 valence electrons. The molecule has 2 atom stereocenters. The van der Waals surface area contributed by atoms with E-state index in [1.807, 2.05) is 0 Å². The monoisotopic (exact) mass is 360 g/mol. The summed E-state index contributed by atoms with van der Waals surface area (Å²) in [6.07, 6.45) is -1.71. The van der Waals surface area contributed by atoms with E-state index in [1.54, 1.807) is 6.92 Å². The summed E-state index contributed by atoms with van der Waals surface area (Å²) in [5, 5.41) is 19.2. The number of allylic oxidation sites excluding steroid dienone is 1. The summed E-state index contributed by atoms with van der Waals surface area (Å²) in [4.78, 5) is 0.799. The molecule has 0 aliphatic heterocycles. The fraction of sp³-hybridized carbons (Fsp3) is 0.556. The van der Waals surface area contributed by atoms with Crippen LogP contribution in [0.3, 0.4) is 0 Å². The Morgan fingerprint density at radius 1 is 1.29 bits per heavy atom. The van der Waals surface area contributed by atoms with E-state index < -0.39 is 17.8 Å². The standard InChI is InChI=1S/C18H23F3O2S/c1-12(22)9-15(10-13(2)23)17(7-8-17)11-24-16-5-3-14(4-6-16)18(19,20)21/h3-6,13,15,22-23H,1,7-11H2,2H3. The van der Waals surface area contributed by atoms with Crippen molar-refractivity contribution in [1.82, 2.24) is 0 Å². The molecule has 1 saturated carbocycles. The molecule has 24 heavy (non-hydrogen) atoms. The SMILES string of the molecule is C=C(O)CC(CC(C)O)C1(CSc2ccc(C(F)(F)F)cc2)CC1. The first-order valence-electron chi connectivity index (χ1n) is 7.97. The molecule has 2 unspecified atom stereocenters. The Bertz CT molecular complexity index is 563. The largest absolute Gasteiger partial charge is 0.513 e. The molecule has 0 spiro atoms. The molecular formula is C18H23F3O2S. The average molecular weight is 360 g/mol. The molecule has 0 amide bonds. The van der Waals surface area contributed by atoms with Crippen molar-refractivity contribution in [3.05, 3.63) is 42.2 Å². The van der Waals surface area contributed by atoms with Crippen molar-refractivity contribution in [2.24, 2.45) is 11.3 Å². The minimum absolute atomic E-state index is 0.0238. The highest BCUT2D eigenvalue weighted by Gasteiger charge is 2.49. The maximum absolute atomic E-state index is 12.6. The lowest BCUT2D eigenvalue weighted by Crippen LogP contribution is -2.23. The van der Waals surface area contributed by atoms with E-state index in [0.717, 1.165) is 35.6 Å². The maximum atomic E-state index is 12.6. The van der Waals surface area contributed by atoms with Crippen LogP contribution in [0.4, 0.5) is 13.2 Å². The van der Waals surface area contributed by atoms with Crippen LogP contribution in [-0.4, -0.2) is 22.1 Å². The zero-order valence-corrected chi connectivity index (χ0v) is 14.5. The van der Waals surface area contributed by atoms with Crippen LogP contribution in [0.1, 0.15) is 38.2 Å². The van der Waals surface area contributed by atoms with Crippen molar-refractivity contribution in [3.63, 3.8) is 0 Å². The summed E-state index contributed by atoms with van der Waals surface area (Å²) < 4.78 is 37.8. The highest BCUT2D eigenvalue weighted by Crippen LogP contribution is 2.57. The number of hydrogen-bond acceptors (Lipinski definition) is 3. The van der Waals surface area contributed by atoms with Crippen molar-refractivity contribution in [2.45, 2.75) is 49.8 Å². The molecule has 0 radical (unpaired) electrons. The number of alkyl halides is 3. The first kappa shape index (κ1) is 19.2. The number of benzene rings is 1. The van der Waals surface area contributed by atoms with E-state index in [-0.39, 0.29) is 17.1 Å². The van der Waals surface area contributed by atoms with Gasteiger partial charge in [0.05, 0.1) is 17.4 Å². The van der Waals surface area contributed by atoms with Gasteiger partial charge in [0, 0.05) is 17.1 Å². The topological polar surface area (TPSA) is 40.5 Å². The van der Waals surface area contributed by atoms with Crippen molar-refractivity contribution in [1.29, 1.82) is 0 Å². The lowest BCUT2D eigenvalue weighted by molar-refractivity contribution is -0.137. The Kier molecular flexibility index (Phi) is 5.91. The van der Waals surface area contributed by atoms with Crippen LogP contribution >= 0.6 is 11.8 Å². The molecule has 1 aromatic carbocycles. The Morgan fingerprint density at radius 2 is 1.88 bits per heavy atom. The molecule has 0 aromatic heterocycles. The van der Waals surface area contributed by atoms with E-state index in [2.05, 4.69) is 6.58 Å². The van der Waals surface area contributed by atoms with Gasteiger partial charge in [0.15, 0.2) is 0 Å². The van der Waals surface area contributed by atoms with Crippen LogP contribution in [-0.2, 0) is 6.18 Å². The molecule has 2 nitrogen and oxygen atoms in total. The average Bonchev–Trinajstić information content (AvgIpc) is 3.24. The van der Waals surface area contributed by atoms with E-state index >= 15 is 0 Å². The first-order chi connectivity index (χ1) is 11.1. The van der Waals surface area contributed by atoms with Crippen LogP contribution in [0.5, 0.6) is 0 Å². The van der Waals surface area contributed by atoms with Crippen LogP contribution < -0.4 is 0 Å². The number of aliphatic hydroxyl groups is 2. The highest BCUT2D eigenvalue weighted by atomic mass is 32.2. The molecule has 0 saturated heterocycles. The molecule has 0 heterocycles. The van der Waals surface area contributed by atoms with Crippen LogP contribution in [0, 0.1) is 11.3 Å². The fourth-order valence-electron chi connectivity index (χ4n) is 3.04. The molecule has 2 rings (SSSR count). The van der Waals surface area contributed by atoms with Gasteiger partial charge in [-0.15, -0.1) is 11.8 Å². The van der Waals surface area contributed by atoms with Crippen LogP contribution in [0.25, 0.3) is 0 Å². The third-order valence-corrected chi connectivity index (χ3v) is 5.90. The second kappa shape index (κ2) is 7.40. The van der Waals surface area contributed by atoms with E-state index in [0.29, 0.717) is 12.8 Å². The summed E-state index contributed by atoms with van der Waals surface area (Å²) in [7, 11) is 0. The van der Waals surface area contributed by atoms with Gasteiger partial charge in [-0.2, -0.15) is 13.2 Å². The molecule has 1 aliphatic rings. The smallest absolute Gasteiger partial charge is 0.416 e. The second-order valence-electron chi connectivity index (χ2n) is 6.73. The van der Waals surface area contributed by atoms with E-state index in [9.17, 15) is 23.4 Å². The number of halogens is 3. The molecular weight excluding hydrogens is 337 g/mol. The summed E-state index contributed by atoms with van der Waals surface area (Å²) in [6, 6.07) is 5.20. The number of rotatable bonds is 8. The minimum atomic E-state index is -4.31. The third-order valence-electron chi connectivity index (χ3n) is 4.57. The van der Waals surface area contributed by atoms with Gasteiger partial charge < -0.3 is 10.2 Å². The Labute approximate surface area is 144 Å². The van der Waals surface area contributed by atoms with E-state index in [4.69, 9.17) is 0 Å². The Morgan fingerprint density at radius 3 is 2.29 bits per heavy atom. The minimum Gasteiger partial charge on any atom is -0.513 e. The Hall–Kier alpha value is -1.14. The van der Waals surface area contributed by atoms with Gasteiger partial charge >= 0.3 is 6.18 Å². The number of hydrogen-bond donors (Lipinski definition) is 2. The predicted octanol–water partition coefficient (Wildman–Crippen LogP) is 5.43. The van der Waals surface area contributed by atoms with Crippen molar-refractivity contribution >= 4 is 11.8 Å². The number of thioether (sulfide) groups is 1. The van der Waals surface area contributed by atoms with Gasteiger partial charge in [-0.05, 0) is 61.8 Å².